The van der Waals surface area contributed by atoms with Crippen molar-refractivity contribution >= 4 is 17.9 Å². The highest BCUT2D eigenvalue weighted by molar-refractivity contribution is 5.71. The number of rotatable bonds is 6. The van der Waals surface area contributed by atoms with Crippen molar-refractivity contribution in [2.24, 2.45) is 0 Å². The Morgan fingerprint density at radius 1 is 0.950 bits per heavy atom. The van der Waals surface area contributed by atoms with Gasteiger partial charge in [-0.1, -0.05) is 0 Å². The summed E-state index contributed by atoms with van der Waals surface area (Å²) < 4.78 is 0. The molecule has 0 saturated heterocycles. The molecule has 2 atom stereocenters. The minimum Gasteiger partial charge on any atom is -0.481 e. The molecule has 9 nitrogen and oxygen atoms in total. The van der Waals surface area contributed by atoms with E-state index in [1.165, 1.54) is 13.8 Å². The molecule has 0 amide bonds. The Bertz CT molecular complexity index is 273. The van der Waals surface area contributed by atoms with E-state index in [9.17, 15) is 14.4 Å². The lowest BCUT2D eigenvalue weighted by Crippen LogP contribution is -2.13. The van der Waals surface area contributed by atoms with Gasteiger partial charge in [0, 0.05) is 13.0 Å². The third kappa shape index (κ3) is 36.0. The molecular weight excluding hydrogens is 276 g/mol. The molecule has 0 radical (unpaired) electrons. The number of carboxylic acid groups (broad SMARTS) is 3. The van der Waals surface area contributed by atoms with E-state index >= 15 is 0 Å². The highest BCUT2D eigenvalue weighted by Crippen LogP contribution is 1.85. The standard InChI is InChI=1S/2C4H8O3.C3H6O3/c1-3(5)2-4(6)7;5-3-1-2-4(6)7;1-2(4)3(5)6/h3,5H,2H2,1H3,(H,6,7);5H,1-3H2,(H,6,7);2,4H,1H3,(H,5,6). The highest BCUT2D eigenvalue weighted by atomic mass is 16.4. The summed E-state index contributed by atoms with van der Waals surface area (Å²) in [5.41, 5.74) is 0. The molecule has 0 rings (SSSR count). The molecule has 0 aliphatic rings. The van der Waals surface area contributed by atoms with Crippen molar-refractivity contribution in [2.45, 2.75) is 45.3 Å². The zero-order valence-corrected chi connectivity index (χ0v) is 11.4. The van der Waals surface area contributed by atoms with Crippen LogP contribution >= 0.6 is 0 Å². The Morgan fingerprint density at radius 3 is 1.40 bits per heavy atom. The summed E-state index contributed by atoms with van der Waals surface area (Å²) in [6, 6.07) is 0. The summed E-state index contributed by atoms with van der Waals surface area (Å²) in [7, 11) is 0. The zero-order chi connectivity index (χ0) is 16.7. The molecule has 0 aromatic rings. The van der Waals surface area contributed by atoms with Crippen LogP contribution in [0.5, 0.6) is 0 Å². The molecule has 6 N–H and O–H groups in total. The Hall–Kier alpha value is -1.71. The van der Waals surface area contributed by atoms with Crippen molar-refractivity contribution in [1.82, 2.24) is 0 Å². The molecule has 0 saturated carbocycles. The predicted molar refractivity (Wildman–Crippen MR) is 67.2 cm³/mol. The lowest BCUT2D eigenvalue weighted by Gasteiger charge is -1.94. The molecule has 0 aliphatic carbocycles. The number of hydrogen-bond donors (Lipinski definition) is 6. The van der Waals surface area contributed by atoms with E-state index in [-0.39, 0.29) is 19.4 Å². The molecule has 120 valence electrons. The van der Waals surface area contributed by atoms with Crippen LogP contribution in [-0.2, 0) is 14.4 Å². The van der Waals surface area contributed by atoms with E-state index in [4.69, 9.17) is 30.6 Å². The maximum Gasteiger partial charge on any atom is 0.332 e. The van der Waals surface area contributed by atoms with E-state index < -0.39 is 30.1 Å². The summed E-state index contributed by atoms with van der Waals surface area (Å²) in [6.45, 7) is 2.60. The lowest BCUT2D eigenvalue weighted by atomic mass is 10.3. The first-order valence-corrected chi connectivity index (χ1v) is 5.67. The molecule has 0 heterocycles. The normalized spacial score (nSPS) is 11.8. The summed E-state index contributed by atoms with van der Waals surface area (Å²) in [6.07, 6.45) is -1.70. The van der Waals surface area contributed by atoms with Crippen molar-refractivity contribution < 1.29 is 45.0 Å². The van der Waals surface area contributed by atoms with E-state index in [0.717, 1.165) is 0 Å². The average Bonchev–Trinajstić information content (AvgIpc) is 2.25. The summed E-state index contributed by atoms with van der Waals surface area (Å²) in [4.78, 5) is 28.7. The van der Waals surface area contributed by atoms with E-state index in [1.54, 1.807) is 0 Å². The topological polar surface area (TPSA) is 173 Å². The fraction of sp³-hybridized carbons (Fsp3) is 0.727. The van der Waals surface area contributed by atoms with Crippen molar-refractivity contribution in [2.75, 3.05) is 6.61 Å². The maximum atomic E-state index is 9.65. The summed E-state index contributed by atoms with van der Waals surface area (Å²) >= 11 is 0. The number of carbonyl (C=O) groups is 3. The molecule has 9 heteroatoms. The average molecular weight is 298 g/mol. The van der Waals surface area contributed by atoms with Gasteiger partial charge in [0.15, 0.2) is 0 Å². The van der Waals surface area contributed by atoms with Gasteiger partial charge in [0.25, 0.3) is 0 Å². The highest BCUT2D eigenvalue weighted by Gasteiger charge is 2.01. The minimum absolute atomic E-state index is 0.0354. The van der Waals surface area contributed by atoms with Crippen LogP contribution in [0.1, 0.15) is 33.1 Å². The van der Waals surface area contributed by atoms with Crippen LogP contribution < -0.4 is 0 Å². The Kier molecular flexibility index (Phi) is 17.9. The lowest BCUT2D eigenvalue weighted by molar-refractivity contribution is -0.145. The number of aliphatic carboxylic acids is 3. The van der Waals surface area contributed by atoms with Gasteiger partial charge in [0.05, 0.1) is 12.5 Å². The van der Waals surface area contributed by atoms with Gasteiger partial charge in [-0.15, -0.1) is 0 Å². The Labute approximate surface area is 116 Å². The zero-order valence-electron chi connectivity index (χ0n) is 11.4. The fourth-order valence-corrected chi connectivity index (χ4v) is 0.483. The van der Waals surface area contributed by atoms with Gasteiger partial charge in [0.1, 0.15) is 6.10 Å². The van der Waals surface area contributed by atoms with Crippen molar-refractivity contribution in [3.05, 3.63) is 0 Å². The molecule has 20 heavy (non-hydrogen) atoms. The van der Waals surface area contributed by atoms with Gasteiger partial charge in [-0.25, -0.2) is 4.79 Å². The molecule has 0 spiro atoms. The van der Waals surface area contributed by atoms with Gasteiger partial charge >= 0.3 is 17.9 Å². The maximum absolute atomic E-state index is 9.65. The Morgan fingerprint density at radius 2 is 1.35 bits per heavy atom. The van der Waals surface area contributed by atoms with Gasteiger partial charge in [-0.2, -0.15) is 0 Å². The predicted octanol–water partition coefficient (Wildman–Crippen LogP) is -0.863. The van der Waals surface area contributed by atoms with Crippen LogP contribution in [0.2, 0.25) is 0 Å². The van der Waals surface area contributed by atoms with E-state index in [0.29, 0.717) is 6.42 Å². The van der Waals surface area contributed by atoms with Crippen LogP contribution in [0.15, 0.2) is 0 Å². The van der Waals surface area contributed by atoms with Crippen molar-refractivity contribution in [1.29, 1.82) is 0 Å². The molecule has 0 aliphatic heterocycles. The number of carboxylic acids is 3. The van der Waals surface area contributed by atoms with Crippen LogP contribution in [0, 0.1) is 0 Å². The van der Waals surface area contributed by atoms with Crippen LogP contribution in [0.3, 0.4) is 0 Å². The van der Waals surface area contributed by atoms with Gasteiger partial charge in [0.2, 0.25) is 0 Å². The van der Waals surface area contributed by atoms with Gasteiger partial charge < -0.3 is 30.6 Å². The Balaban J connectivity index is -0.000000218. The number of aliphatic hydroxyl groups excluding tert-OH is 3. The second-order valence-corrected chi connectivity index (χ2v) is 3.68. The van der Waals surface area contributed by atoms with Crippen LogP contribution in [-0.4, -0.2) is 67.4 Å². The second kappa shape index (κ2) is 15.3. The minimum atomic E-state index is -1.23. The van der Waals surface area contributed by atoms with E-state index in [1.807, 2.05) is 0 Å². The molecule has 0 bridgehead atoms. The molecule has 2 unspecified atom stereocenters. The monoisotopic (exact) mass is 298 g/mol. The number of aliphatic hydroxyl groups is 3. The molecular formula is C11H22O9. The third-order valence-electron chi connectivity index (χ3n) is 1.38. The number of hydrogen-bond acceptors (Lipinski definition) is 6. The van der Waals surface area contributed by atoms with Crippen LogP contribution in [0.25, 0.3) is 0 Å². The first kappa shape index (κ1) is 23.4. The SMILES string of the molecule is CC(O)C(=O)O.CC(O)CC(=O)O.O=C(O)CCCO. The molecule has 0 aromatic carbocycles. The fourth-order valence-electron chi connectivity index (χ4n) is 0.483. The van der Waals surface area contributed by atoms with Gasteiger partial charge in [-0.3, -0.25) is 9.59 Å². The quantitative estimate of drug-likeness (QED) is 0.364. The van der Waals surface area contributed by atoms with Crippen molar-refractivity contribution in [3.63, 3.8) is 0 Å². The smallest absolute Gasteiger partial charge is 0.332 e. The first-order chi connectivity index (χ1) is 9.04. The second-order valence-electron chi connectivity index (χ2n) is 3.68. The van der Waals surface area contributed by atoms with Gasteiger partial charge in [-0.05, 0) is 20.3 Å². The third-order valence-corrected chi connectivity index (χ3v) is 1.38. The summed E-state index contributed by atoms with van der Waals surface area (Å²) in [5, 5.41) is 48.0. The summed E-state index contributed by atoms with van der Waals surface area (Å²) in [5.74, 6) is -3.00. The first-order valence-electron chi connectivity index (χ1n) is 5.67. The molecule has 0 fully saturated rings. The van der Waals surface area contributed by atoms with E-state index in [2.05, 4.69) is 0 Å². The largest absolute Gasteiger partial charge is 0.481 e. The van der Waals surface area contributed by atoms with Crippen LogP contribution in [0.4, 0.5) is 0 Å². The van der Waals surface area contributed by atoms with Crippen molar-refractivity contribution in [3.8, 4) is 0 Å². The molecule has 0 aromatic heterocycles.